The zero-order valence-electron chi connectivity index (χ0n) is 35.4. The molecule has 1 saturated carbocycles. The Kier molecular flexibility index (Phi) is 10.7. The zero-order valence-corrected chi connectivity index (χ0v) is 35.4. The van der Waals surface area contributed by atoms with Gasteiger partial charge in [0, 0.05) is 107 Å². The highest BCUT2D eigenvalue weighted by molar-refractivity contribution is 6.06. The maximum Gasteiger partial charge on any atom is 0.328 e. The van der Waals surface area contributed by atoms with E-state index in [0.29, 0.717) is 52.8 Å². The number of nitrogen functional groups attached to an aromatic ring is 1. The van der Waals surface area contributed by atoms with Crippen LogP contribution in [-0.2, 0) is 4.79 Å². The molecule has 1 atom stereocenters. The Balaban J connectivity index is 0.743. The number of fused-ring (bicyclic) bond motifs is 1. The molecule has 4 amide bonds. The van der Waals surface area contributed by atoms with Crippen LogP contribution in [0.5, 0.6) is 5.75 Å². The fraction of sp³-hybridized carbons (Fsp3) is 0.447. The number of para-hydroxylation sites is 1. The van der Waals surface area contributed by atoms with Gasteiger partial charge in [-0.05, 0) is 79.1 Å². The molecule has 0 unspecified atom stereocenters. The van der Waals surface area contributed by atoms with E-state index in [2.05, 4.69) is 31.2 Å². The van der Waals surface area contributed by atoms with E-state index in [1.807, 2.05) is 6.07 Å². The van der Waals surface area contributed by atoms with Crippen LogP contribution in [0.4, 0.5) is 35.2 Å². The molecule has 3 aromatic heterocycles. The number of phenols is 1. The van der Waals surface area contributed by atoms with E-state index < -0.39 is 30.0 Å². The number of nitrogens with zero attached hydrogens (tertiary/aromatic N) is 8. The van der Waals surface area contributed by atoms with Crippen molar-refractivity contribution in [3.63, 3.8) is 0 Å². The van der Waals surface area contributed by atoms with Gasteiger partial charge in [-0.25, -0.2) is 22.9 Å². The molecule has 10 rings (SSSR count). The van der Waals surface area contributed by atoms with Gasteiger partial charge in [-0.1, -0.05) is 24.3 Å². The number of benzene rings is 2. The van der Waals surface area contributed by atoms with Gasteiger partial charge in [-0.15, -0.1) is 10.2 Å². The summed E-state index contributed by atoms with van der Waals surface area (Å²) in [5.41, 5.74) is 9.59. The number of anilines is 3. The summed E-state index contributed by atoms with van der Waals surface area (Å²) >= 11 is 0. The van der Waals surface area contributed by atoms with Crippen LogP contribution in [0.15, 0.2) is 73.1 Å². The highest BCUT2D eigenvalue weighted by Crippen LogP contribution is 2.46. The number of carbonyl (C=O) groups excluding carboxylic acids is 3. The maximum atomic E-state index is 16.5. The molecule has 0 radical (unpaired) electrons. The third-order valence-corrected chi connectivity index (χ3v) is 14.0. The molecule has 5 aliphatic rings. The second-order valence-corrected chi connectivity index (χ2v) is 18.2. The van der Waals surface area contributed by atoms with Crippen molar-refractivity contribution < 1.29 is 32.7 Å². The van der Waals surface area contributed by atoms with Crippen LogP contribution in [0.3, 0.4) is 0 Å². The largest absolute Gasteiger partial charge is 0.507 e. The second-order valence-electron chi connectivity index (χ2n) is 18.2. The summed E-state index contributed by atoms with van der Waals surface area (Å²) in [4.78, 5) is 50.0. The number of hydrogen-bond donors (Lipinski definition) is 3. The number of aromatic nitrogens is 4. The summed E-state index contributed by atoms with van der Waals surface area (Å²) in [6.07, 6.45) is 8.09. The van der Waals surface area contributed by atoms with Crippen molar-refractivity contribution in [3.05, 3.63) is 89.7 Å². The van der Waals surface area contributed by atoms with E-state index in [0.717, 1.165) is 49.8 Å². The first-order valence-corrected chi connectivity index (χ1v) is 22.3. The lowest BCUT2D eigenvalue weighted by Crippen LogP contribution is -2.51. The Morgan fingerprint density at radius 3 is 2.36 bits per heavy atom. The Labute approximate surface area is 368 Å². The fourth-order valence-electron chi connectivity index (χ4n) is 10.1. The van der Waals surface area contributed by atoms with E-state index in [1.165, 1.54) is 11.6 Å². The summed E-state index contributed by atoms with van der Waals surface area (Å²) in [7, 11) is 0. The van der Waals surface area contributed by atoms with Gasteiger partial charge < -0.3 is 30.1 Å². The summed E-state index contributed by atoms with van der Waals surface area (Å²) in [6, 6.07) is 16.4. The van der Waals surface area contributed by atoms with Crippen LogP contribution in [0.2, 0.25) is 0 Å². The molecule has 334 valence electrons. The van der Waals surface area contributed by atoms with Crippen LogP contribution in [-0.4, -0.2) is 116 Å². The number of likely N-dealkylation sites (tertiary alicyclic amines) is 2. The number of amides is 4. The van der Waals surface area contributed by atoms with E-state index in [1.54, 1.807) is 69.4 Å². The number of nitrogens with one attached hydrogen (secondary N) is 1. The number of urea groups is 1. The van der Waals surface area contributed by atoms with Crippen molar-refractivity contribution in [1.29, 1.82) is 0 Å². The molecule has 4 saturated heterocycles. The number of pyridine rings is 1. The molecule has 64 heavy (non-hydrogen) atoms. The minimum atomic E-state index is -3.01. The number of rotatable bonds is 9. The fourth-order valence-corrected chi connectivity index (χ4v) is 10.1. The number of carbonyl (C=O) groups is 3. The lowest BCUT2D eigenvalue weighted by molar-refractivity contribution is -0.120. The molecule has 0 bridgehead atoms. The van der Waals surface area contributed by atoms with Crippen LogP contribution < -0.4 is 20.9 Å². The predicted molar refractivity (Wildman–Crippen MR) is 235 cm³/mol. The van der Waals surface area contributed by atoms with Crippen molar-refractivity contribution in [2.24, 2.45) is 0 Å². The standard InChI is InChI=1S/C47H51F3N10O4/c48-46(28-56-17-11-32(12-18-56)60-26-36(29-5-6-29)35-23-33(25-52-43(35)60)59-19-13-41(62)53-45(59)64)14-20-57(21-15-46)44(63)31-9-7-30(8-10-31)37-27-58(22-16-47(37,49)50)39-24-38(54-55-42(39)51)34-3-1-2-4-40(34)61/h1-4,7-10,23-26,29,32,37,61H,5-6,11-22,27-28H2,(H2,51,55)(H,53,62,64)/t37-/m0/s1. The average Bonchev–Trinajstić information content (AvgIpc) is 4.07. The van der Waals surface area contributed by atoms with Crippen LogP contribution >= 0.6 is 0 Å². The molecular formula is C47H51F3N10O4. The monoisotopic (exact) mass is 876 g/mol. The van der Waals surface area contributed by atoms with Crippen LogP contribution in [0.25, 0.3) is 22.3 Å². The molecule has 7 heterocycles. The second kappa shape index (κ2) is 16.4. The molecule has 4 aliphatic heterocycles. The van der Waals surface area contributed by atoms with E-state index in [9.17, 15) is 19.5 Å². The average molecular weight is 877 g/mol. The number of piperidine rings is 3. The van der Waals surface area contributed by atoms with Crippen molar-refractivity contribution in [3.8, 4) is 17.0 Å². The Morgan fingerprint density at radius 1 is 0.891 bits per heavy atom. The van der Waals surface area contributed by atoms with Crippen molar-refractivity contribution >= 4 is 46.1 Å². The number of nitrogens with two attached hydrogens (primary N) is 1. The Morgan fingerprint density at radius 2 is 1.64 bits per heavy atom. The predicted octanol–water partition coefficient (Wildman–Crippen LogP) is 7.02. The molecule has 5 fully saturated rings. The first-order chi connectivity index (χ1) is 30.8. The molecule has 1 aliphatic carbocycles. The van der Waals surface area contributed by atoms with E-state index >= 15 is 13.2 Å². The zero-order chi connectivity index (χ0) is 44.3. The van der Waals surface area contributed by atoms with Crippen molar-refractivity contribution in [2.45, 2.75) is 80.8 Å². The summed E-state index contributed by atoms with van der Waals surface area (Å²) in [6.45, 7) is 2.58. The molecule has 0 spiro atoms. The smallest absolute Gasteiger partial charge is 0.328 e. The summed E-state index contributed by atoms with van der Waals surface area (Å²) in [5, 5.41) is 22.0. The first kappa shape index (κ1) is 41.8. The van der Waals surface area contributed by atoms with E-state index in [4.69, 9.17) is 10.7 Å². The highest BCUT2D eigenvalue weighted by Gasteiger charge is 2.46. The number of phenolic OH excluding ortho intramolecular Hbond substituents is 1. The molecule has 4 N–H and O–H groups in total. The third kappa shape index (κ3) is 8.09. The van der Waals surface area contributed by atoms with Crippen LogP contribution in [0, 0.1) is 0 Å². The number of aromatic hydroxyl groups is 1. The number of alkyl halides is 3. The molecule has 2 aromatic carbocycles. The van der Waals surface area contributed by atoms with Crippen LogP contribution in [0.1, 0.15) is 90.7 Å². The summed E-state index contributed by atoms with van der Waals surface area (Å²) in [5.74, 6) is -4.15. The van der Waals surface area contributed by atoms with Gasteiger partial charge in [0.15, 0.2) is 5.82 Å². The lowest BCUT2D eigenvalue weighted by Gasteiger charge is -2.41. The maximum absolute atomic E-state index is 16.5. The first-order valence-electron chi connectivity index (χ1n) is 22.3. The van der Waals surface area contributed by atoms with Gasteiger partial charge in [0.2, 0.25) is 5.91 Å². The quantitative estimate of drug-likeness (QED) is 0.140. The van der Waals surface area contributed by atoms with Gasteiger partial charge in [0.05, 0.1) is 29.2 Å². The molecule has 17 heteroatoms. The minimum Gasteiger partial charge on any atom is -0.507 e. The summed E-state index contributed by atoms with van der Waals surface area (Å²) < 4.78 is 49.8. The number of hydrogen-bond acceptors (Lipinski definition) is 10. The highest BCUT2D eigenvalue weighted by atomic mass is 19.3. The number of imide groups is 1. The van der Waals surface area contributed by atoms with Crippen molar-refractivity contribution in [2.75, 3.05) is 67.9 Å². The molecule has 5 aromatic rings. The Hall–Kier alpha value is -6.23. The van der Waals surface area contributed by atoms with Gasteiger partial charge in [0.1, 0.15) is 17.1 Å². The lowest BCUT2D eigenvalue weighted by atomic mass is 9.86. The topological polar surface area (TPSA) is 166 Å². The molecule has 14 nitrogen and oxygen atoms in total. The third-order valence-electron chi connectivity index (χ3n) is 14.0. The van der Waals surface area contributed by atoms with Gasteiger partial charge in [-0.2, -0.15) is 0 Å². The SMILES string of the molecule is Nc1nnc(-c2ccccc2O)cc1N1CCC(F)(F)[C@H](c2ccc(C(=O)N3CCC(F)(CN4CCC(n5cc(C6CC6)c6cc(N7CCC(=O)NC7=O)cnc65)CC4)CC3)cc2)C1. The number of halogens is 3. The molecular weight excluding hydrogens is 826 g/mol. The minimum absolute atomic E-state index is 0.0138. The van der Waals surface area contributed by atoms with E-state index in [-0.39, 0.29) is 74.9 Å². The van der Waals surface area contributed by atoms with Gasteiger partial charge in [-0.3, -0.25) is 19.8 Å². The normalized spacial score (nSPS) is 21.9. The van der Waals surface area contributed by atoms with Gasteiger partial charge in [0.25, 0.3) is 11.8 Å². The Bertz CT molecular complexity index is 2600. The van der Waals surface area contributed by atoms with Crippen molar-refractivity contribution in [1.82, 2.24) is 34.9 Å². The van der Waals surface area contributed by atoms with Gasteiger partial charge >= 0.3 is 6.03 Å².